The molecule has 1 heterocycles. The summed E-state index contributed by atoms with van der Waals surface area (Å²) < 4.78 is 6.45. The molecule has 1 radical (unpaired) electrons. The Hall–Kier alpha value is -2.30. The van der Waals surface area contributed by atoms with Crippen molar-refractivity contribution in [2.45, 2.75) is 13.2 Å². The third-order valence-electron chi connectivity index (χ3n) is 2.23. The van der Waals surface area contributed by atoms with Crippen LogP contribution in [0.15, 0.2) is 46.1 Å². The van der Waals surface area contributed by atoms with Gasteiger partial charge in [-0.25, -0.2) is 9.36 Å². The summed E-state index contributed by atoms with van der Waals surface area (Å²) in [7, 11) is 0. The fraction of sp³-hybridized carbons (Fsp3) is 0.167. The molecule has 1 N–H and O–H groups in total. The van der Waals surface area contributed by atoms with Crippen LogP contribution < -0.4 is 16.0 Å². The lowest BCUT2D eigenvalue weighted by Crippen LogP contribution is -2.38. The Morgan fingerprint density at radius 1 is 1.35 bits per heavy atom. The summed E-state index contributed by atoms with van der Waals surface area (Å²) in [5.41, 5.74) is -0.905. The Bertz CT molecular complexity index is 573. The van der Waals surface area contributed by atoms with Gasteiger partial charge in [0, 0.05) is 18.3 Å². The maximum absolute atomic E-state index is 11.5. The number of hydrogen-bond donors (Lipinski definition) is 1. The first kappa shape index (κ1) is 11.2. The molecular formula is C12H11N2O3. The highest BCUT2D eigenvalue weighted by molar-refractivity contribution is 5.19. The minimum Gasteiger partial charge on any atom is -0.470 e. The van der Waals surface area contributed by atoms with E-state index in [1.165, 1.54) is 12.3 Å². The summed E-state index contributed by atoms with van der Waals surface area (Å²) in [5.74, 6) is 0.482. The van der Waals surface area contributed by atoms with Gasteiger partial charge in [0.15, 0.2) is 6.23 Å². The maximum Gasteiger partial charge on any atom is 0.331 e. The Kier molecular flexibility index (Phi) is 3.09. The lowest BCUT2D eigenvalue weighted by molar-refractivity contribution is 0.142. The van der Waals surface area contributed by atoms with E-state index in [0.29, 0.717) is 5.75 Å². The molecule has 1 aromatic heterocycles. The first-order valence-electron chi connectivity index (χ1n) is 5.12. The van der Waals surface area contributed by atoms with Gasteiger partial charge in [-0.05, 0) is 13.0 Å². The third kappa shape index (κ3) is 2.44. The van der Waals surface area contributed by atoms with Gasteiger partial charge in [0.25, 0.3) is 5.56 Å². The summed E-state index contributed by atoms with van der Waals surface area (Å²) in [5, 5.41) is 0. The largest absolute Gasteiger partial charge is 0.470 e. The Labute approximate surface area is 97.3 Å². The van der Waals surface area contributed by atoms with Crippen molar-refractivity contribution in [1.82, 2.24) is 9.55 Å². The first-order valence-corrected chi connectivity index (χ1v) is 5.12. The van der Waals surface area contributed by atoms with Crippen molar-refractivity contribution in [3.8, 4) is 5.75 Å². The van der Waals surface area contributed by atoms with E-state index in [1.54, 1.807) is 31.2 Å². The normalized spacial score (nSPS) is 12.1. The molecule has 17 heavy (non-hydrogen) atoms. The molecule has 1 atom stereocenters. The Morgan fingerprint density at radius 2 is 2.18 bits per heavy atom. The highest BCUT2D eigenvalue weighted by Gasteiger charge is 2.10. The van der Waals surface area contributed by atoms with Crippen molar-refractivity contribution in [1.29, 1.82) is 0 Å². The lowest BCUT2D eigenvalue weighted by atomic mass is 10.3. The third-order valence-corrected chi connectivity index (χ3v) is 2.23. The van der Waals surface area contributed by atoms with Crippen molar-refractivity contribution >= 4 is 0 Å². The highest BCUT2D eigenvalue weighted by atomic mass is 16.5. The van der Waals surface area contributed by atoms with E-state index in [2.05, 4.69) is 11.1 Å². The minimum absolute atomic E-state index is 0.405. The molecule has 0 amide bonds. The van der Waals surface area contributed by atoms with E-state index in [1.807, 2.05) is 0 Å². The van der Waals surface area contributed by atoms with Crippen LogP contribution >= 0.6 is 0 Å². The molecule has 0 bridgehead atoms. The predicted molar refractivity (Wildman–Crippen MR) is 61.9 cm³/mol. The standard InChI is InChI=1S/C12H11N2O3/c1-9(17-10-5-3-2-4-6-10)14-11(15)7-8-13-12(14)16/h2-5,7-9H,1H3,(H,13,16). The summed E-state index contributed by atoms with van der Waals surface area (Å²) in [6.07, 6.45) is 0.619. The number of aromatic amines is 1. The zero-order chi connectivity index (χ0) is 12.3. The van der Waals surface area contributed by atoms with E-state index in [0.717, 1.165) is 4.57 Å². The van der Waals surface area contributed by atoms with E-state index >= 15 is 0 Å². The Balaban J connectivity index is 2.30. The van der Waals surface area contributed by atoms with Gasteiger partial charge < -0.3 is 9.72 Å². The Morgan fingerprint density at radius 3 is 2.82 bits per heavy atom. The summed E-state index contributed by atoms with van der Waals surface area (Å²) >= 11 is 0. The molecule has 0 aliphatic carbocycles. The maximum atomic E-state index is 11.5. The van der Waals surface area contributed by atoms with Gasteiger partial charge in [0.1, 0.15) is 5.75 Å². The van der Waals surface area contributed by atoms with Crippen molar-refractivity contribution in [3.05, 3.63) is 63.4 Å². The SMILES string of the molecule is CC(Oc1[c]cccc1)n1c(=O)cc[nH]c1=O. The molecule has 0 saturated heterocycles. The second-order valence-electron chi connectivity index (χ2n) is 3.44. The lowest BCUT2D eigenvalue weighted by Gasteiger charge is -2.15. The van der Waals surface area contributed by atoms with E-state index in [4.69, 9.17) is 4.74 Å². The van der Waals surface area contributed by atoms with Crippen molar-refractivity contribution in [2.75, 3.05) is 0 Å². The quantitative estimate of drug-likeness (QED) is 0.854. The van der Waals surface area contributed by atoms with Crippen molar-refractivity contribution in [2.24, 2.45) is 0 Å². The van der Waals surface area contributed by atoms with Gasteiger partial charge in [-0.3, -0.25) is 4.79 Å². The van der Waals surface area contributed by atoms with Gasteiger partial charge in [-0.2, -0.15) is 0 Å². The topological polar surface area (TPSA) is 64.1 Å². The molecule has 0 saturated carbocycles. The van der Waals surface area contributed by atoms with Crippen LogP contribution in [0.3, 0.4) is 0 Å². The van der Waals surface area contributed by atoms with Crippen LogP contribution in [0.2, 0.25) is 0 Å². The average Bonchev–Trinajstić information content (AvgIpc) is 2.30. The molecular weight excluding hydrogens is 220 g/mol. The number of H-pyrrole nitrogens is 1. The van der Waals surface area contributed by atoms with Gasteiger partial charge in [-0.15, -0.1) is 0 Å². The van der Waals surface area contributed by atoms with Gasteiger partial charge >= 0.3 is 5.69 Å². The van der Waals surface area contributed by atoms with E-state index < -0.39 is 17.5 Å². The van der Waals surface area contributed by atoms with Crippen LogP contribution in [-0.4, -0.2) is 9.55 Å². The molecule has 2 rings (SSSR count). The average molecular weight is 231 g/mol. The summed E-state index contributed by atoms with van der Waals surface area (Å²) in [6, 6.07) is 11.1. The van der Waals surface area contributed by atoms with E-state index in [9.17, 15) is 9.59 Å². The highest BCUT2D eigenvalue weighted by Crippen LogP contribution is 2.13. The number of nitrogens with one attached hydrogen (secondary N) is 1. The fourth-order valence-electron chi connectivity index (χ4n) is 1.47. The smallest absolute Gasteiger partial charge is 0.331 e. The second kappa shape index (κ2) is 4.69. The zero-order valence-corrected chi connectivity index (χ0v) is 9.21. The molecule has 2 aromatic rings. The van der Waals surface area contributed by atoms with Crippen LogP contribution in [0.1, 0.15) is 13.2 Å². The molecule has 1 aromatic carbocycles. The summed E-state index contributed by atoms with van der Waals surface area (Å²) in [6.45, 7) is 1.62. The number of rotatable bonds is 3. The second-order valence-corrected chi connectivity index (χ2v) is 3.44. The van der Waals surface area contributed by atoms with Crippen LogP contribution in [-0.2, 0) is 0 Å². The number of aromatic nitrogens is 2. The van der Waals surface area contributed by atoms with Crippen molar-refractivity contribution < 1.29 is 4.74 Å². The first-order chi connectivity index (χ1) is 8.18. The van der Waals surface area contributed by atoms with Crippen LogP contribution in [0.5, 0.6) is 5.75 Å². The monoisotopic (exact) mass is 231 g/mol. The summed E-state index contributed by atoms with van der Waals surface area (Å²) in [4.78, 5) is 25.4. The predicted octanol–water partition coefficient (Wildman–Crippen LogP) is 0.934. The number of benzene rings is 1. The van der Waals surface area contributed by atoms with Crippen LogP contribution in [0, 0.1) is 6.07 Å². The molecule has 0 fully saturated rings. The molecule has 0 aliphatic heterocycles. The zero-order valence-electron chi connectivity index (χ0n) is 9.21. The number of ether oxygens (including phenoxy) is 1. The van der Waals surface area contributed by atoms with Gasteiger partial charge in [0.05, 0.1) is 0 Å². The molecule has 87 valence electrons. The molecule has 5 nitrogen and oxygen atoms in total. The number of nitrogens with zero attached hydrogens (tertiary/aromatic N) is 1. The number of para-hydroxylation sites is 1. The molecule has 5 heteroatoms. The molecule has 1 unspecified atom stereocenters. The van der Waals surface area contributed by atoms with Crippen LogP contribution in [0.25, 0.3) is 0 Å². The fourth-order valence-corrected chi connectivity index (χ4v) is 1.47. The van der Waals surface area contributed by atoms with Gasteiger partial charge in [-0.1, -0.05) is 18.2 Å². The van der Waals surface area contributed by atoms with Crippen LogP contribution in [0.4, 0.5) is 0 Å². The minimum atomic E-state index is -0.689. The molecule has 0 aliphatic rings. The van der Waals surface area contributed by atoms with Gasteiger partial charge in [0.2, 0.25) is 0 Å². The molecule has 0 spiro atoms. The number of hydrogen-bond acceptors (Lipinski definition) is 3. The van der Waals surface area contributed by atoms with E-state index in [-0.39, 0.29) is 0 Å². The van der Waals surface area contributed by atoms with Crippen molar-refractivity contribution in [3.63, 3.8) is 0 Å².